The van der Waals surface area contributed by atoms with E-state index in [0.29, 0.717) is 17.5 Å². The van der Waals surface area contributed by atoms with E-state index in [1.54, 1.807) is 0 Å². The molecular formula is C26H34ClN3O3. The summed E-state index contributed by atoms with van der Waals surface area (Å²) in [6, 6.07) is 7.83. The fourth-order valence-electron chi connectivity index (χ4n) is 6.88. The molecule has 2 aromatic rings. The number of rotatable bonds is 3. The number of aromatic nitrogens is 1. The lowest BCUT2D eigenvalue weighted by Gasteiger charge is -2.34. The maximum Gasteiger partial charge on any atom is 0.357 e. The zero-order valence-corrected chi connectivity index (χ0v) is 19.9. The van der Waals surface area contributed by atoms with Gasteiger partial charge >= 0.3 is 5.97 Å². The summed E-state index contributed by atoms with van der Waals surface area (Å²) in [4.78, 5) is 25.8. The largest absolute Gasteiger partial charge is 0.434 e. The average molecular weight is 472 g/mol. The van der Waals surface area contributed by atoms with Crippen molar-refractivity contribution in [1.82, 2.24) is 9.88 Å². The van der Waals surface area contributed by atoms with Gasteiger partial charge in [-0.1, -0.05) is 38.5 Å². The van der Waals surface area contributed by atoms with Gasteiger partial charge in [0.15, 0.2) is 5.72 Å². The molecule has 4 aliphatic rings. The number of nitrogens with one attached hydrogen (secondary N) is 2. The van der Waals surface area contributed by atoms with E-state index in [1.165, 1.54) is 38.5 Å². The Morgan fingerprint density at radius 3 is 2.58 bits per heavy atom. The number of benzene rings is 1. The SMILES string of the molecule is Cl.O=C1OC2(CCCCC2)n2c1cc1cc(NC(=O)[C@H]3NCC[C@H]3C3CCCCC3)ccc12. The minimum absolute atomic E-state index is 0. The van der Waals surface area contributed by atoms with E-state index in [-0.39, 0.29) is 30.3 Å². The Labute approximate surface area is 201 Å². The van der Waals surface area contributed by atoms with E-state index in [4.69, 9.17) is 4.74 Å². The highest BCUT2D eigenvalue weighted by molar-refractivity contribution is 6.01. The fourth-order valence-corrected chi connectivity index (χ4v) is 6.88. The van der Waals surface area contributed by atoms with Crippen molar-refractivity contribution in [3.63, 3.8) is 0 Å². The van der Waals surface area contributed by atoms with Crippen LogP contribution in [0.2, 0.25) is 0 Å². The Morgan fingerprint density at radius 2 is 1.79 bits per heavy atom. The summed E-state index contributed by atoms with van der Waals surface area (Å²) < 4.78 is 8.00. The van der Waals surface area contributed by atoms with Gasteiger partial charge in [0.25, 0.3) is 0 Å². The van der Waals surface area contributed by atoms with Crippen molar-refractivity contribution in [3.8, 4) is 0 Å². The Kier molecular flexibility index (Phi) is 6.17. The Hall–Kier alpha value is -2.05. The molecule has 7 heteroatoms. The molecular weight excluding hydrogens is 438 g/mol. The zero-order valence-electron chi connectivity index (χ0n) is 19.1. The van der Waals surface area contributed by atoms with Crippen LogP contribution in [0, 0.1) is 11.8 Å². The molecule has 1 saturated heterocycles. The van der Waals surface area contributed by atoms with Crippen molar-refractivity contribution in [2.45, 2.75) is 82.4 Å². The highest BCUT2D eigenvalue weighted by atomic mass is 35.5. The first-order valence-corrected chi connectivity index (χ1v) is 12.6. The number of esters is 1. The number of amides is 1. The third-order valence-corrected chi connectivity index (χ3v) is 8.41. The summed E-state index contributed by atoms with van der Waals surface area (Å²) in [6.07, 6.45) is 12.7. The Bertz CT molecular complexity index is 1050. The van der Waals surface area contributed by atoms with E-state index in [1.807, 2.05) is 24.3 Å². The van der Waals surface area contributed by atoms with Crippen LogP contribution in [0.5, 0.6) is 0 Å². The molecule has 1 amide bonds. The minimum Gasteiger partial charge on any atom is -0.434 e. The monoisotopic (exact) mass is 471 g/mol. The van der Waals surface area contributed by atoms with Gasteiger partial charge in [0.05, 0.1) is 11.6 Å². The third kappa shape index (κ3) is 3.85. The van der Waals surface area contributed by atoms with Gasteiger partial charge in [-0.25, -0.2) is 4.79 Å². The zero-order chi connectivity index (χ0) is 21.7. The summed E-state index contributed by atoms with van der Waals surface area (Å²) in [5.41, 5.74) is 1.94. The van der Waals surface area contributed by atoms with Crippen molar-refractivity contribution in [2.24, 2.45) is 11.8 Å². The van der Waals surface area contributed by atoms with Crippen molar-refractivity contribution < 1.29 is 14.3 Å². The van der Waals surface area contributed by atoms with Crippen molar-refractivity contribution in [3.05, 3.63) is 30.0 Å². The Morgan fingerprint density at radius 1 is 1.03 bits per heavy atom. The predicted molar refractivity (Wildman–Crippen MR) is 131 cm³/mol. The molecule has 1 aromatic heterocycles. The van der Waals surface area contributed by atoms with Gasteiger partial charge in [-0.3, -0.25) is 9.36 Å². The number of hydrogen-bond donors (Lipinski definition) is 2. The first-order valence-electron chi connectivity index (χ1n) is 12.6. The summed E-state index contributed by atoms with van der Waals surface area (Å²) in [6.45, 7) is 0.925. The van der Waals surface area contributed by atoms with Crippen LogP contribution in [-0.4, -0.2) is 29.0 Å². The molecule has 2 saturated carbocycles. The topological polar surface area (TPSA) is 72.4 Å². The van der Waals surface area contributed by atoms with Crippen molar-refractivity contribution >= 4 is 40.9 Å². The molecule has 3 heterocycles. The lowest BCUT2D eigenvalue weighted by molar-refractivity contribution is -0.119. The standard InChI is InChI=1S/C26H33N3O3.ClH/c30-24(23-20(11-14-27-23)17-7-3-1-4-8-17)28-19-9-10-21-18(15-19)16-22-25(31)32-26(29(21)22)12-5-2-6-13-26;/h9-10,15-17,20,23,27H,1-8,11-14H2,(H,28,30);1H/t20-,23-;/m0./s1. The molecule has 0 unspecified atom stereocenters. The number of nitrogens with zero attached hydrogens (tertiary/aromatic N) is 1. The van der Waals surface area contributed by atoms with Gasteiger partial charge in [-0.15, -0.1) is 12.4 Å². The number of halogens is 1. The van der Waals surface area contributed by atoms with Crippen LogP contribution in [0.1, 0.15) is 81.1 Å². The van der Waals surface area contributed by atoms with Crippen LogP contribution >= 0.6 is 12.4 Å². The van der Waals surface area contributed by atoms with Crippen LogP contribution in [-0.2, 0) is 15.3 Å². The van der Waals surface area contributed by atoms with Crippen molar-refractivity contribution in [1.29, 1.82) is 0 Å². The molecule has 2 aliphatic heterocycles. The molecule has 1 aromatic carbocycles. The van der Waals surface area contributed by atoms with Crippen LogP contribution < -0.4 is 10.6 Å². The molecule has 178 valence electrons. The molecule has 1 spiro atoms. The highest BCUT2D eigenvalue weighted by Crippen LogP contribution is 2.45. The van der Waals surface area contributed by atoms with E-state index in [9.17, 15) is 9.59 Å². The van der Waals surface area contributed by atoms with Gasteiger partial charge < -0.3 is 15.4 Å². The van der Waals surface area contributed by atoms with Crippen LogP contribution in [0.3, 0.4) is 0 Å². The minimum atomic E-state index is -0.516. The molecule has 2 N–H and O–H groups in total. The van der Waals surface area contributed by atoms with E-state index >= 15 is 0 Å². The number of hydrogen-bond acceptors (Lipinski definition) is 4. The molecule has 6 rings (SSSR count). The van der Waals surface area contributed by atoms with Gasteiger partial charge in [0.2, 0.25) is 5.91 Å². The van der Waals surface area contributed by atoms with E-state index in [2.05, 4.69) is 15.2 Å². The molecule has 6 nitrogen and oxygen atoms in total. The predicted octanol–water partition coefficient (Wildman–Crippen LogP) is 5.35. The molecule has 33 heavy (non-hydrogen) atoms. The smallest absolute Gasteiger partial charge is 0.357 e. The molecule has 2 atom stereocenters. The summed E-state index contributed by atoms with van der Waals surface area (Å²) in [5, 5.41) is 7.61. The van der Waals surface area contributed by atoms with Gasteiger partial charge in [0.1, 0.15) is 5.69 Å². The molecule has 0 radical (unpaired) electrons. The lowest BCUT2D eigenvalue weighted by atomic mass is 9.76. The highest BCUT2D eigenvalue weighted by Gasteiger charge is 2.46. The lowest BCUT2D eigenvalue weighted by Crippen LogP contribution is -2.42. The quantitative estimate of drug-likeness (QED) is 0.592. The van der Waals surface area contributed by atoms with Crippen LogP contribution in [0.4, 0.5) is 5.69 Å². The summed E-state index contributed by atoms with van der Waals surface area (Å²) in [5.74, 6) is 0.967. The number of anilines is 1. The third-order valence-electron chi connectivity index (χ3n) is 8.41. The Balaban J connectivity index is 0.00000228. The molecule has 0 bridgehead atoms. The van der Waals surface area contributed by atoms with Gasteiger partial charge in [-0.2, -0.15) is 0 Å². The van der Waals surface area contributed by atoms with E-state index in [0.717, 1.165) is 55.2 Å². The van der Waals surface area contributed by atoms with Crippen LogP contribution in [0.15, 0.2) is 24.3 Å². The summed E-state index contributed by atoms with van der Waals surface area (Å²) >= 11 is 0. The summed E-state index contributed by atoms with van der Waals surface area (Å²) in [7, 11) is 0. The molecule has 2 aliphatic carbocycles. The number of ether oxygens (including phenoxy) is 1. The second kappa shape index (κ2) is 8.95. The number of carbonyl (C=O) groups excluding carboxylic acids is 2. The van der Waals surface area contributed by atoms with Gasteiger partial charge in [-0.05, 0) is 61.9 Å². The first-order chi connectivity index (χ1) is 15.6. The second-order valence-electron chi connectivity index (χ2n) is 10.3. The fraction of sp³-hybridized carbons (Fsp3) is 0.615. The number of carbonyl (C=O) groups is 2. The van der Waals surface area contributed by atoms with Crippen LogP contribution in [0.25, 0.3) is 10.9 Å². The normalized spacial score (nSPS) is 26.7. The molecule has 3 fully saturated rings. The van der Waals surface area contributed by atoms with Crippen molar-refractivity contribution in [2.75, 3.05) is 11.9 Å². The van der Waals surface area contributed by atoms with Gasteiger partial charge in [0, 0.05) is 23.9 Å². The second-order valence-corrected chi connectivity index (χ2v) is 10.3. The maximum atomic E-state index is 13.2. The number of fused-ring (bicyclic) bond motifs is 4. The maximum absolute atomic E-state index is 13.2. The van der Waals surface area contributed by atoms with E-state index < -0.39 is 5.72 Å². The average Bonchev–Trinajstić information content (AvgIpc) is 3.51. The first kappa shape index (κ1) is 22.7.